The zero-order valence-electron chi connectivity index (χ0n) is 22.4. The minimum absolute atomic E-state index is 0.0106. The van der Waals surface area contributed by atoms with Gasteiger partial charge in [0.25, 0.3) is 0 Å². The lowest BCUT2D eigenvalue weighted by Crippen LogP contribution is -2.58. The predicted molar refractivity (Wildman–Crippen MR) is 136 cm³/mol. The highest BCUT2D eigenvalue weighted by atomic mass is 16.7. The van der Waals surface area contributed by atoms with Gasteiger partial charge in [-0.3, -0.25) is 4.79 Å². The van der Waals surface area contributed by atoms with Crippen LogP contribution in [0.1, 0.15) is 105 Å². The first-order valence-electron chi connectivity index (χ1n) is 13.7. The predicted octanol–water partition coefficient (Wildman–Crippen LogP) is 7.50. The molecule has 0 saturated heterocycles. The molecule has 1 aromatic carbocycles. The maximum Gasteiger partial charge on any atom is 0.312 e. The minimum Gasteiger partial charge on any atom is -0.465 e. The fourth-order valence-corrected chi connectivity index (χ4v) is 7.25. The summed E-state index contributed by atoms with van der Waals surface area (Å²) in [6.45, 7) is 14.6. The van der Waals surface area contributed by atoms with E-state index >= 15 is 0 Å². The number of carbonyl (C=O) groups is 1. The van der Waals surface area contributed by atoms with E-state index in [-0.39, 0.29) is 29.9 Å². The van der Waals surface area contributed by atoms with Crippen molar-refractivity contribution in [2.75, 3.05) is 0 Å². The van der Waals surface area contributed by atoms with E-state index in [0.29, 0.717) is 11.8 Å². The molecule has 4 aliphatic rings. The Labute approximate surface area is 207 Å². The lowest BCUT2D eigenvalue weighted by Gasteiger charge is -2.59. The molecule has 4 nitrogen and oxygen atoms in total. The first-order chi connectivity index (χ1) is 16.0. The van der Waals surface area contributed by atoms with Crippen LogP contribution in [-0.4, -0.2) is 24.0 Å². The van der Waals surface area contributed by atoms with Gasteiger partial charge in [-0.05, 0) is 127 Å². The number of esters is 1. The third-order valence-corrected chi connectivity index (χ3v) is 9.32. The van der Waals surface area contributed by atoms with Gasteiger partial charge in [0.2, 0.25) is 0 Å². The first-order valence-corrected chi connectivity index (χ1v) is 13.7. The van der Waals surface area contributed by atoms with Crippen LogP contribution >= 0.6 is 0 Å². The lowest BCUT2D eigenvalue weighted by atomic mass is 9.50. The van der Waals surface area contributed by atoms with E-state index in [4.69, 9.17) is 14.2 Å². The number of ether oxygens (including phenoxy) is 3. The average Bonchev–Trinajstić information content (AvgIpc) is 2.76. The van der Waals surface area contributed by atoms with Crippen LogP contribution in [0.25, 0.3) is 0 Å². The van der Waals surface area contributed by atoms with Crippen LogP contribution in [0, 0.1) is 29.1 Å². The van der Waals surface area contributed by atoms with Gasteiger partial charge >= 0.3 is 5.97 Å². The van der Waals surface area contributed by atoms with E-state index < -0.39 is 5.41 Å². The van der Waals surface area contributed by atoms with E-state index in [2.05, 4.69) is 39.8 Å². The van der Waals surface area contributed by atoms with Crippen LogP contribution in [-0.2, 0) is 14.3 Å². The zero-order chi connectivity index (χ0) is 24.7. The second-order valence-electron chi connectivity index (χ2n) is 12.3. The van der Waals surface area contributed by atoms with Gasteiger partial charge in [-0.1, -0.05) is 26.0 Å². The Balaban J connectivity index is 1.39. The van der Waals surface area contributed by atoms with Gasteiger partial charge in [-0.25, -0.2) is 0 Å². The molecule has 4 fully saturated rings. The summed E-state index contributed by atoms with van der Waals surface area (Å²) in [4.78, 5) is 13.7. The molecule has 4 saturated carbocycles. The fraction of sp³-hybridized carbons (Fsp3) is 0.767. The molecule has 1 aromatic rings. The summed E-state index contributed by atoms with van der Waals surface area (Å²) in [5.41, 5.74) is 0.474. The summed E-state index contributed by atoms with van der Waals surface area (Å²) in [6.07, 6.45) is 7.85. The zero-order valence-corrected chi connectivity index (χ0v) is 22.4. The molecule has 4 bridgehead atoms. The molecule has 0 aliphatic heterocycles. The highest BCUT2D eigenvalue weighted by Crippen LogP contribution is 2.60. The van der Waals surface area contributed by atoms with E-state index in [1.165, 1.54) is 37.7 Å². The van der Waals surface area contributed by atoms with E-state index in [0.717, 1.165) is 30.4 Å². The van der Waals surface area contributed by atoms with Crippen LogP contribution < -0.4 is 4.74 Å². The van der Waals surface area contributed by atoms with Crippen molar-refractivity contribution >= 4 is 5.97 Å². The Bertz CT molecular complexity index is 816. The van der Waals surface area contributed by atoms with Crippen LogP contribution in [0.3, 0.4) is 0 Å². The standard InChI is InChI=1S/C30H46O4/c1-8-29(6,18-20(4)24-9-11-27(12-10-24)33-21(5)32-19(2)3)28(31)34-30(7)25-14-22-13-23(16-25)17-26(30)15-22/h9-12,19-23,25-26H,8,13-18H2,1-7H3. The number of hydrogen-bond acceptors (Lipinski definition) is 4. The van der Waals surface area contributed by atoms with E-state index in [1.807, 2.05) is 32.9 Å². The summed E-state index contributed by atoms with van der Waals surface area (Å²) in [5, 5.41) is 0. The monoisotopic (exact) mass is 470 g/mol. The molecule has 0 radical (unpaired) electrons. The fourth-order valence-electron chi connectivity index (χ4n) is 7.25. The topological polar surface area (TPSA) is 44.8 Å². The largest absolute Gasteiger partial charge is 0.465 e. The Morgan fingerprint density at radius 3 is 2.06 bits per heavy atom. The quantitative estimate of drug-likeness (QED) is 0.262. The van der Waals surface area contributed by atoms with Crippen LogP contribution in [0.15, 0.2) is 24.3 Å². The normalized spacial score (nSPS) is 33.4. The van der Waals surface area contributed by atoms with Crippen molar-refractivity contribution in [3.63, 3.8) is 0 Å². The van der Waals surface area contributed by atoms with Gasteiger partial charge in [0.15, 0.2) is 6.29 Å². The summed E-state index contributed by atoms with van der Waals surface area (Å²) in [5.74, 6) is 3.93. The highest BCUT2D eigenvalue weighted by molar-refractivity contribution is 5.77. The van der Waals surface area contributed by atoms with E-state index in [1.54, 1.807) is 0 Å². The van der Waals surface area contributed by atoms with Crippen molar-refractivity contribution in [3.8, 4) is 5.75 Å². The van der Waals surface area contributed by atoms with Crippen molar-refractivity contribution in [1.82, 2.24) is 0 Å². The lowest BCUT2D eigenvalue weighted by molar-refractivity contribution is -0.212. The van der Waals surface area contributed by atoms with Crippen molar-refractivity contribution in [2.24, 2.45) is 29.1 Å². The van der Waals surface area contributed by atoms with Crippen LogP contribution in [0.5, 0.6) is 5.75 Å². The summed E-state index contributed by atoms with van der Waals surface area (Å²) >= 11 is 0. The highest BCUT2D eigenvalue weighted by Gasteiger charge is 2.57. The maximum absolute atomic E-state index is 13.7. The van der Waals surface area contributed by atoms with E-state index in [9.17, 15) is 4.79 Å². The second kappa shape index (κ2) is 9.84. The van der Waals surface area contributed by atoms with Crippen molar-refractivity contribution in [1.29, 1.82) is 0 Å². The number of carbonyl (C=O) groups excluding carboxylic acids is 1. The van der Waals surface area contributed by atoms with Crippen LogP contribution in [0.4, 0.5) is 0 Å². The van der Waals surface area contributed by atoms with Gasteiger partial charge in [-0.15, -0.1) is 0 Å². The Hall–Kier alpha value is -1.55. The van der Waals surface area contributed by atoms with Crippen molar-refractivity contribution in [3.05, 3.63) is 29.8 Å². The molecule has 34 heavy (non-hydrogen) atoms. The van der Waals surface area contributed by atoms with Gasteiger partial charge in [0.05, 0.1) is 11.5 Å². The van der Waals surface area contributed by atoms with Gasteiger partial charge in [-0.2, -0.15) is 0 Å². The van der Waals surface area contributed by atoms with Gasteiger partial charge in [0, 0.05) is 0 Å². The maximum atomic E-state index is 13.7. The average molecular weight is 471 g/mol. The van der Waals surface area contributed by atoms with Crippen molar-refractivity contribution < 1.29 is 19.0 Å². The summed E-state index contributed by atoms with van der Waals surface area (Å²) in [6, 6.07) is 8.23. The molecule has 190 valence electrons. The molecular weight excluding hydrogens is 424 g/mol. The third kappa shape index (κ3) is 5.17. The summed E-state index contributed by atoms with van der Waals surface area (Å²) in [7, 11) is 0. The molecule has 0 heterocycles. The number of rotatable bonds is 10. The second-order valence-corrected chi connectivity index (χ2v) is 12.3. The Morgan fingerprint density at radius 2 is 1.56 bits per heavy atom. The smallest absolute Gasteiger partial charge is 0.312 e. The molecule has 3 unspecified atom stereocenters. The van der Waals surface area contributed by atoms with Gasteiger partial charge < -0.3 is 14.2 Å². The molecule has 4 heteroatoms. The molecule has 3 atom stereocenters. The summed E-state index contributed by atoms with van der Waals surface area (Å²) < 4.78 is 18.1. The Morgan fingerprint density at radius 1 is 1.00 bits per heavy atom. The Kier molecular flexibility index (Phi) is 7.39. The first kappa shape index (κ1) is 25.5. The molecule has 0 amide bonds. The molecule has 0 aromatic heterocycles. The van der Waals surface area contributed by atoms with Crippen LogP contribution in [0.2, 0.25) is 0 Å². The minimum atomic E-state index is -0.480. The number of hydrogen-bond donors (Lipinski definition) is 0. The molecule has 5 rings (SSSR count). The molecule has 4 aliphatic carbocycles. The number of benzene rings is 1. The molecular formula is C30H46O4. The molecule has 0 spiro atoms. The van der Waals surface area contributed by atoms with Gasteiger partial charge in [0.1, 0.15) is 11.4 Å². The SMILES string of the molecule is CCC(C)(CC(C)c1ccc(OC(C)OC(C)C)cc1)C(=O)OC1(C)C2CC3CC(C2)CC1C3. The molecule has 0 N–H and O–H groups in total. The van der Waals surface area contributed by atoms with Crippen molar-refractivity contribution in [2.45, 2.75) is 117 Å². The third-order valence-electron chi connectivity index (χ3n) is 9.32.